The molecule has 0 atom stereocenters. The fraction of sp³-hybridized carbons (Fsp3) is 0.636. The van der Waals surface area contributed by atoms with Crippen molar-refractivity contribution >= 4 is 17.4 Å². The van der Waals surface area contributed by atoms with Gasteiger partial charge in [0.2, 0.25) is 0 Å². The summed E-state index contributed by atoms with van der Waals surface area (Å²) in [5.41, 5.74) is 0. The van der Waals surface area contributed by atoms with E-state index in [2.05, 4.69) is 22.2 Å². The van der Waals surface area contributed by atoms with Gasteiger partial charge >= 0.3 is 0 Å². The molecule has 0 amide bonds. The summed E-state index contributed by atoms with van der Waals surface area (Å²) in [6, 6.07) is 0. The first-order valence-corrected chi connectivity index (χ1v) is 6.00. The van der Waals surface area contributed by atoms with Crippen molar-refractivity contribution in [1.82, 2.24) is 9.97 Å². The summed E-state index contributed by atoms with van der Waals surface area (Å²) in [5.74, 6) is 0.709. The van der Waals surface area contributed by atoms with E-state index in [-0.39, 0.29) is 0 Å². The zero-order valence-electron chi connectivity index (χ0n) is 9.58. The molecule has 0 fully saturated rings. The molecule has 0 aliphatic carbocycles. The second-order valence-corrected chi connectivity index (χ2v) is 3.86. The number of nitrogens with one attached hydrogen (secondary N) is 1. The Morgan fingerprint density at radius 2 is 2.12 bits per heavy atom. The van der Waals surface area contributed by atoms with Crippen molar-refractivity contribution in [2.45, 2.75) is 26.2 Å². The molecule has 1 rings (SSSR count). The van der Waals surface area contributed by atoms with Crippen molar-refractivity contribution in [3.8, 4) is 0 Å². The molecule has 1 aromatic rings. The van der Waals surface area contributed by atoms with Crippen molar-refractivity contribution in [1.29, 1.82) is 0 Å². The summed E-state index contributed by atoms with van der Waals surface area (Å²) in [4.78, 5) is 8.01. The Balaban J connectivity index is 2.03. The lowest BCUT2D eigenvalue weighted by Gasteiger charge is -2.05. The Labute approximate surface area is 101 Å². The van der Waals surface area contributed by atoms with E-state index in [9.17, 15) is 0 Å². The number of hydrogen-bond acceptors (Lipinski definition) is 4. The van der Waals surface area contributed by atoms with E-state index >= 15 is 0 Å². The van der Waals surface area contributed by atoms with Gasteiger partial charge < -0.3 is 10.1 Å². The number of nitrogens with zero attached hydrogens (tertiary/aromatic N) is 2. The maximum Gasteiger partial charge on any atom is 0.149 e. The molecule has 1 aromatic heterocycles. The van der Waals surface area contributed by atoms with Crippen LogP contribution < -0.4 is 5.32 Å². The monoisotopic (exact) mass is 243 g/mol. The van der Waals surface area contributed by atoms with Gasteiger partial charge in [-0.3, -0.25) is 4.98 Å². The van der Waals surface area contributed by atoms with Crippen LogP contribution in [0.4, 0.5) is 5.82 Å². The minimum atomic E-state index is 0.407. The van der Waals surface area contributed by atoms with E-state index in [1.54, 1.807) is 6.20 Å². The Kier molecular flexibility index (Phi) is 6.85. The number of halogens is 1. The van der Waals surface area contributed by atoms with Crippen molar-refractivity contribution in [3.05, 3.63) is 17.5 Å². The van der Waals surface area contributed by atoms with Gasteiger partial charge in [-0.15, -0.1) is 0 Å². The normalized spacial score (nSPS) is 10.4. The quantitative estimate of drug-likeness (QED) is 0.714. The molecular weight excluding hydrogens is 226 g/mol. The molecule has 0 aromatic carbocycles. The van der Waals surface area contributed by atoms with E-state index in [0.29, 0.717) is 11.0 Å². The van der Waals surface area contributed by atoms with Gasteiger partial charge in [-0.25, -0.2) is 4.98 Å². The third-order valence-electron chi connectivity index (χ3n) is 2.02. The van der Waals surface area contributed by atoms with E-state index in [4.69, 9.17) is 16.3 Å². The first-order chi connectivity index (χ1) is 7.83. The smallest absolute Gasteiger partial charge is 0.149 e. The Morgan fingerprint density at radius 3 is 2.88 bits per heavy atom. The molecule has 0 saturated carbocycles. The number of unbranched alkanes of at least 4 members (excludes halogenated alkanes) is 1. The van der Waals surface area contributed by atoms with E-state index in [1.165, 1.54) is 12.6 Å². The third-order valence-corrected chi connectivity index (χ3v) is 2.20. The van der Waals surface area contributed by atoms with Gasteiger partial charge in [0.15, 0.2) is 0 Å². The minimum Gasteiger partial charge on any atom is -0.381 e. The fourth-order valence-corrected chi connectivity index (χ4v) is 1.31. The van der Waals surface area contributed by atoms with Crippen molar-refractivity contribution in [2.24, 2.45) is 0 Å². The first-order valence-electron chi connectivity index (χ1n) is 5.62. The van der Waals surface area contributed by atoms with Gasteiger partial charge in [0.05, 0.1) is 12.4 Å². The van der Waals surface area contributed by atoms with Gasteiger partial charge in [0, 0.05) is 19.8 Å². The predicted octanol–water partition coefficient (Wildman–Crippen LogP) is 2.75. The maximum absolute atomic E-state index is 5.70. The van der Waals surface area contributed by atoms with Crippen LogP contribution in [-0.2, 0) is 4.74 Å². The largest absolute Gasteiger partial charge is 0.381 e. The summed E-state index contributed by atoms with van der Waals surface area (Å²) in [5, 5.41) is 3.54. The Bertz CT molecular complexity index is 296. The highest BCUT2D eigenvalue weighted by atomic mass is 35.5. The van der Waals surface area contributed by atoms with Gasteiger partial charge in [-0.05, 0) is 12.8 Å². The average molecular weight is 244 g/mol. The summed E-state index contributed by atoms with van der Waals surface area (Å²) >= 11 is 5.70. The van der Waals surface area contributed by atoms with Crippen LogP contribution in [0.3, 0.4) is 0 Å². The summed E-state index contributed by atoms with van der Waals surface area (Å²) in [7, 11) is 0. The van der Waals surface area contributed by atoms with Gasteiger partial charge in [0.1, 0.15) is 11.0 Å². The molecule has 5 heteroatoms. The summed E-state index contributed by atoms with van der Waals surface area (Å²) in [6.07, 6.45) is 6.44. The highest BCUT2D eigenvalue weighted by Crippen LogP contribution is 2.06. The van der Waals surface area contributed by atoms with Crippen molar-refractivity contribution in [3.63, 3.8) is 0 Å². The third kappa shape index (κ3) is 5.88. The number of hydrogen-bond donors (Lipinski definition) is 1. The molecule has 1 heterocycles. The minimum absolute atomic E-state index is 0.407. The number of aromatic nitrogens is 2. The van der Waals surface area contributed by atoms with Crippen LogP contribution in [0.2, 0.25) is 5.15 Å². The van der Waals surface area contributed by atoms with Crippen LogP contribution in [0.1, 0.15) is 26.2 Å². The molecule has 0 radical (unpaired) electrons. The Morgan fingerprint density at radius 1 is 1.31 bits per heavy atom. The molecular formula is C11H18ClN3O. The second-order valence-electron chi connectivity index (χ2n) is 3.47. The van der Waals surface area contributed by atoms with Gasteiger partial charge in [-0.2, -0.15) is 0 Å². The van der Waals surface area contributed by atoms with Crippen molar-refractivity contribution in [2.75, 3.05) is 25.1 Å². The van der Waals surface area contributed by atoms with E-state index in [1.807, 2.05) is 0 Å². The van der Waals surface area contributed by atoms with Crippen LogP contribution in [-0.4, -0.2) is 29.7 Å². The van der Waals surface area contributed by atoms with Crippen LogP contribution >= 0.6 is 11.6 Å². The molecule has 0 spiro atoms. The van der Waals surface area contributed by atoms with E-state index < -0.39 is 0 Å². The van der Waals surface area contributed by atoms with Gasteiger partial charge in [-0.1, -0.05) is 24.9 Å². The molecule has 90 valence electrons. The zero-order valence-corrected chi connectivity index (χ0v) is 10.3. The highest BCUT2D eigenvalue weighted by Gasteiger charge is 1.95. The lowest BCUT2D eigenvalue weighted by Crippen LogP contribution is -2.07. The molecule has 0 bridgehead atoms. The molecule has 0 aliphatic rings. The average Bonchev–Trinajstić information content (AvgIpc) is 2.28. The van der Waals surface area contributed by atoms with Gasteiger partial charge in [0.25, 0.3) is 0 Å². The molecule has 0 saturated heterocycles. The van der Waals surface area contributed by atoms with Crippen LogP contribution in [0.25, 0.3) is 0 Å². The fourth-order valence-electron chi connectivity index (χ4n) is 1.17. The maximum atomic E-state index is 5.70. The van der Waals surface area contributed by atoms with Crippen molar-refractivity contribution < 1.29 is 4.74 Å². The molecule has 0 unspecified atom stereocenters. The number of rotatable bonds is 8. The number of anilines is 1. The molecule has 4 nitrogen and oxygen atoms in total. The Hall–Kier alpha value is -0.870. The first kappa shape index (κ1) is 13.2. The predicted molar refractivity (Wildman–Crippen MR) is 65.9 cm³/mol. The standard InChI is InChI=1S/C11H18ClN3O/c1-2-3-6-16-7-4-5-14-11-9-13-8-10(12)15-11/h8-9H,2-7H2,1H3,(H,14,15). The zero-order chi connectivity index (χ0) is 11.6. The molecule has 16 heavy (non-hydrogen) atoms. The molecule has 1 N–H and O–H groups in total. The highest BCUT2D eigenvalue weighted by molar-refractivity contribution is 6.29. The molecule has 0 aliphatic heterocycles. The SMILES string of the molecule is CCCCOCCCNc1cncc(Cl)n1. The topological polar surface area (TPSA) is 47.0 Å². The second kappa shape index (κ2) is 8.30. The van der Waals surface area contributed by atoms with Crippen LogP contribution in [0, 0.1) is 0 Å². The lowest BCUT2D eigenvalue weighted by atomic mass is 10.4. The lowest BCUT2D eigenvalue weighted by molar-refractivity contribution is 0.131. The summed E-state index contributed by atoms with van der Waals surface area (Å²) in [6.45, 7) is 4.61. The number of ether oxygens (including phenoxy) is 1. The van der Waals surface area contributed by atoms with Crippen LogP contribution in [0.5, 0.6) is 0 Å². The summed E-state index contributed by atoms with van der Waals surface area (Å²) < 4.78 is 5.43. The van der Waals surface area contributed by atoms with E-state index in [0.717, 1.165) is 32.6 Å². The van der Waals surface area contributed by atoms with Crippen LogP contribution in [0.15, 0.2) is 12.4 Å².